The molecule has 6 heteroatoms. The lowest BCUT2D eigenvalue weighted by Gasteiger charge is -2.38. The van der Waals surface area contributed by atoms with Crippen LogP contribution in [0.3, 0.4) is 0 Å². The Balaban J connectivity index is 2.42. The van der Waals surface area contributed by atoms with E-state index in [4.69, 9.17) is 9.47 Å². The predicted octanol–water partition coefficient (Wildman–Crippen LogP) is 1.19. The highest BCUT2D eigenvalue weighted by Gasteiger charge is 2.48. The Morgan fingerprint density at radius 1 is 1.45 bits per heavy atom. The molecule has 1 aliphatic rings. The SMILES string of the molecule is COC(=O)C[C@]1(c2ccncc2)O[C@H](OC)CCC1=O. The second kappa shape index (κ2) is 6.11. The summed E-state index contributed by atoms with van der Waals surface area (Å²) < 4.78 is 15.7. The van der Waals surface area contributed by atoms with Crippen LogP contribution in [0.1, 0.15) is 24.8 Å². The second-order valence-electron chi connectivity index (χ2n) is 4.56. The topological polar surface area (TPSA) is 74.7 Å². The Kier molecular flexibility index (Phi) is 4.46. The summed E-state index contributed by atoms with van der Waals surface area (Å²) in [6.45, 7) is 0. The number of ether oxygens (including phenoxy) is 3. The minimum absolute atomic E-state index is 0.151. The molecule has 20 heavy (non-hydrogen) atoms. The first-order valence-corrected chi connectivity index (χ1v) is 6.33. The molecule has 0 radical (unpaired) electrons. The van der Waals surface area contributed by atoms with Gasteiger partial charge in [0.2, 0.25) is 0 Å². The zero-order valence-electron chi connectivity index (χ0n) is 11.5. The summed E-state index contributed by atoms with van der Waals surface area (Å²) in [6, 6.07) is 3.33. The van der Waals surface area contributed by atoms with Crippen LogP contribution in [0.15, 0.2) is 24.5 Å². The molecule has 1 aromatic heterocycles. The van der Waals surface area contributed by atoms with Crippen molar-refractivity contribution in [1.82, 2.24) is 4.98 Å². The lowest BCUT2D eigenvalue weighted by atomic mass is 9.82. The van der Waals surface area contributed by atoms with Crippen molar-refractivity contribution in [2.24, 2.45) is 0 Å². The van der Waals surface area contributed by atoms with Gasteiger partial charge in [0, 0.05) is 32.3 Å². The van der Waals surface area contributed by atoms with E-state index in [0.29, 0.717) is 12.0 Å². The van der Waals surface area contributed by atoms with Crippen molar-refractivity contribution >= 4 is 11.8 Å². The number of esters is 1. The summed E-state index contributed by atoms with van der Waals surface area (Å²) in [5.41, 5.74) is -0.765. The molecule has 108 valence electrons. The van der Waals surface area contributed by atoms with Gasteiger partial charge in [0.15, 0.2) is 17.7 Å². The van der Waals surface area contributed by atoms with Crippen LogP contribution in [0.25, 0.3) is 0 Å². The first-order chi connectivity index (χ1) is 9.62. The van der Waals surface area contributed by atoms with Crippen LogP contribution in [0.5, 0.6) is 0 Å². The molecule has 1 aromatic rings. The van der Waals surface area contributed by atoms with Crippen LogP contribution in [0.2, 0.25) is 0 Å². The van der Waals surface area contributed by atoms with Gasteiger partial charge in [-0.25, -0.2) is 0 Å². The highest BCUT2D eigenvalue weighted by molar-refractivity contribution is 5.93. The summed E-state index contributed by atoms with van der Waals surface area (Å²) in [6.07, 6.45) is 3.18. The third-order valence-electron chi connectivity index (χ3n) is 3.42. The molecule has 6 nitrogen and oxygen atoms in total. The molecule has 0 N–H and O–H groups in total. The van der Waals surface area contributed by atoms with E-state index in [1.165, 1.54) is 14.2 Å². The van der Waals surface area contributed by atoms with Gasteiger partial charge in [0.1, 0.15) is 0 Å². The molecule has 0 amide bonds. The molecule has 2 rings (SSSR count). The van der Waals surface area contributed by atoms with Crippen LogP contribution in [-0.4, -0.2) is 37.2 Å². The van der Waals surface area contributed by atoms with Gasteiger partial charge in [0.25, 0.3) is 0 Å². The molecule has 0 aliphatic carbocycles. The minimum Gasteiger partial charge on any atom is -0.469 e. The van der Waals surface area contributed by atoms with Crippen LogP contribution in [0, 0.1) is 0 Å². The summed E-state index contributed by atoms with van der Waals surface area (Å²) in [4.78, 5) is 28.0. The van der Waals surface area contributed by atoms with Crippen molar-refractivity contribution in [2.45, 2.75) is 31.2 Å². The molecule has 0 spiro atoms. The van der Waals surface area contributed by atoms with Gasteiger partial charge in [-0.1, -0.05) is 0 Å². The molecule has 1 fully saturated rings. The summed E-state index contributed by atoms with van der Waals surface area (Å²) in [5.74, 6) is -0.658. The van der Waals surface area contributed by atoms with Crippen molar-refractivity contribution in [2.75, 3.05) is 14.2 Å². The number of carbonyl (C=O) groups excluding carboxylic acids is 2. The maximum absolute atomic E-state index is 12.4. The molecule has 0 aromatic carbocycles. The Labute approximate surface area is 117 Å². The average Bonchev–Trinajstić information content (AvgIpc) is 2.50. The zero-order chi connectivity index (χ0) is 14.6. The summed E-state index contributed by atoms with van der Waals surface area (Å²) in [5, 5.41) is 0. The molecule has 1 saturated heterocycles. The maximum atomic E-state index is 12.4. The number of ketones is 1. The van der Waals surface area contributed by atoms with Gasteiger partial charge in [-0.3, -0.25) is 14.6 Å². The number of rotatable bonds is 4. The van der Waals surface area contributed by atoms with Crippen molar-refractivity contribution in [1.29, 1.82) is 0 Å². The van der Waals surface area contributed by atoms with Crippen molar-refractivity contribution in [3.8, 4) is 0 Å². The normalized spacial score (nSPS) is 26.3. The van der Waals surface area contributed by atoms with E-state index in [1.807, 2.05) is 0 Å². The molecule has 2 heterocycles. The molecular weight excluding hydrogens is 262 g/mol. The van der Waals surface area contributed by atoms with E-state index in [2.05, 4.69) is 9.72 Å². The second-order valence-corrected chi connectivity index (χ2v) is 4.56. The highest BCUT2D eigenvalue weighted by Crippen LogP contribution is 2.38. The van der Waals surface area contributed by atoms with Crippen LogP contribution < -0.4 is 0 Å². The Hall–Kier alpha value is -1.79. The largest absolute Gasteiger partial charge is 0.469 e. The van der Waals surface area contributed by atoms with Gasteiger partial charge < -0.3 is 14.2 Å². The van der Waals surface area contributed by atoms with Gasteiger partial charge in [-0.2, -0.15) is 0 Å². The van der Waals surface area contributed by atoms with E-state index < -0.39 is 17.9 Å². The fourth-order valence-corrected chi connectivity index (χ4v) is 2.33. The Bertz CT molecular complexity index is 490. The molecule has 0 saturated carbocycles. The van der Waals surface area contributed by atoms with E-state index >= 15 is 0 Å². The van der Waals surface area contributed by atoms with E-state index in [0.717, 1.165) is 0 Å². The van der Waals surface area contributed by atoms with Gasteiger partial charge in [-0.05, 0) is 17.7 Å². The molecule has 0 unspecified atom stereocenters. The standard InChI is InChI=1S/C14H17NO5/c1-18-12(17)9-14(10-5-7-15-8-6-10)11(16)3-4-13(19-2)20-14/h5-8,13H,3-4,9H2,1-2H3/t13-,14+/m0/s1. The first-order valence-electron chi connectivity index (χ1n) is 6.33. The van der Waals surface area contributed by atoms with Gasteiger partial charge in [-0.15, -0.1) is 0 Å². The first kappa shape index (κ1) is 14.6. The number of Topliss-reactive ketones (excluding diaryl/α,β-unsaturated/α-hetero) is 1. The maximum Gasteiger partial charge on any atom is 0.309 e. The predicted molar refractivity (Wildman–Crippen MR) is 68.7 cm³/mol. The van der Waals surface area contributed by atoms with Crippen molar-refractivity contribution < 1.29 is 23.8 Å². The monoisotopic (exact) mass is 279 g/mol. The third kappa shape index (κ3) is 2.71. The van der Waals surface area contributed by atoms with E-state index in [-0.39, 0.29) is 18.6 Å². The Morgan fingerprint density at radius 2 is 2.15 bits per heavy atom. The van der Waals surface area contributed by atoms with Crippen molar-refractivity contribution in [3.05, 3.63) is 30.1 Å². The van der Waals surface area contributed by atoms with Crippen LogP contribution >= 0.6 is 0 Å². The number of aromatic nitrogens is 1. The quantitative estimate of drug-likeness (QED) is 0.771. The lowest BCUT2D eigenvalue weighted by Crippen LogP contribution is -2.48. The van der Waals surface area contributed by atoms with E-state index in [1.54, 1.807) is 24.5 Å². The van der Waals surface area contributed by atoms with E-state index in [9.17, 15) is 9.59 Å². The average molecular weight is 279 g/mol. The lowest BCUT2D eigenvalue weighted by molar-refractivity contribution is -0.227. The van der Waals surface area contributed by atoms with Crippen LogP contribution in [-0.2, 0) is 29.4 Å². The number of methoxy groups -OCH3 is 2. The number of nitrogens with zero attached hydrogens (tertiary/aromatic N) is 1. The molecule has 2 atom stereocenters. The number of pyridine rings is 1. The van der Waals surface area contributed by atoms with Gasteiger partial charge >= 0.3 is 5.97 Å². The smallest absolute Gasteiger partial charge is 0.309 e. The fraction of sp³-hybridized carbons (Fsp3) is 0.500. The fourth-order valence-electron chi connectivity index (χ4n) is 2.33. The summed E-state index contributed by atoms with van der Waals surface area (Å²) >= 11 is 0. The zero-order valence-corrected chi connectivity index (χ0v) is 11.5. The minimum atomic E-state index is -1.35. The van der Waals surface area contributed by atoms with Crippen LogP contribution in [0.4, 0.5) is 0 Å². The van der Waals surface area contributed by atoms with Gasteiger partial charge in [0.05, 0.1) is 13.5 Å². The summed E-state index contributed by atoms with van der Waals surface area (Å²) in [7, 11) is 2.79. The molecular formula is C14H17NO5. The van der Waals surface area contributed by atoms with Crippen molar-refractivity contribution in [3.63, 3.8) is 0 Å². The molecule has 0 bridgehead atoms. The number of hydrogen-bond donors (Lipinski definition) is 0. The highest BCUT2D eigenvalue weighted by atomic mass is 16.7. The third-order valence-corrected chi connectivity index (χ3v) is 3.42. The Morgan fingerprint density at radius 3 is 2.75 bits per heavy atom. The number of hydrogen-bond acceptors (Lipinski definition) is 6. The number of carbonyl (C=O) groups is 2. The molecule has 1 aliphatic heterocycles.